The topological polar surface area (TPSA) is 86.4 Å². The van der Waals surface area contributed by atoms with Crippen molar-refractivity contribution in [2.75, 3.05) is 23.7 Å². The molecule has 212 valence electrons. The van der Waals surface area contributed by atoms with Gasteiger partial charge >= 0.3 is 0 Å². The van der Waals surface area contributed by atoms with E-state index in [1.54, 1.807) is 24.4 Å². The van der Waals surface area contributed by atoms with E-state index in [2.05, 4.69) is 44.9 Å². The van der Waals surface area contributed by atoms with Crippen LogP contribution in [0.4, 0.5) is 11.4 Å². The van der Waals surface area contributed by atoms with E-state index in [9.17, 15) is 9.59 Å². The molecule has 3 heterocycles. The van der Waals surface area contributed by atoms with Crippen LogP contribution in [0, 0.1) is 0 Å². The molecule has 2 aliphatic heterocycles. The van der Waals surface area contributed by atoms with Crippen molar-refractivity contribution >= 4 is 34.5 Å². The number of benzene rings is 3. The molecule has 1 fully saturated rings. The van der Waals surface area contributed by atoms with Crippen molar-refractivity contribution in [3.63, 3.8) is 0 Å². The minimum absolute atomic E-state index is 0.111. The van der Waals surface area contributed by atoms with Crippen molar-refractivity contribution in [1.82, 2.24) is 15.2 Å². The summed E-state index contributed by atoms with van der Waals surface area (Å²) in [5.41, 5.74) is 6.67. The van der Waals surface area contributed by atoms with Crippen LogP contribution in [0.15, 0.2) is 97.2 Å². The van der Waals surface area contributed by atoms with Crippen LogP contribution < -0.4 is 16.0 Å². The number of nitrogens with zero attached hydrogens (tertiary/aromatic N) is 2. The zero-order valence-electron chi connectivity index (χ0n) is 23.8. The lowest BCUT2D eigenvalue weighted by atomic mass is 9.99. The lowest BCUT2D eigenvalue weighted by Crippen LogP contribution is -2.28. The highest BCUT2D eigenvalue weighted by molar-refractivity contribution is 6.37. The van der Waals surface area contributed by atoms with Gasteiger partial charge in [-0.2, -0.15) is 0 Å². The summed E-state index contributed by atoms with van der Waals surface area (Å²) >= 11 is 0. The molecule has 1 aromatic heterocycles. The lowest BCUT2D eigenvalue weighted by Gasteiger charge is -2.18. The number of fused-ring (bicyclic) bond motifs is 1. The summed E-state index contributed by atoms with van der Waals surface area (Å²) in [6, 6.07) is 29.1. The molecule has 0 spiro atoms. The summed E-state index contributed by atoms with van der Waals surface area (Å²) in [5.74, 6) is -0.422. The van der Waals surface area contributed by atoms with Crippen LogP contribution in [0.25, 0.3) is 11.3 Å². The van der Waals surface area contributed by atoms with Crippen molar-refractivity contribution in [3.05, 3.63) is 125 Å². The number of hydrogen-bond donors (Lipinski definition) is 3. The highest BCUT2D eigenvalue weighted by Gasteiger charge is 2.30. The monoisotopic (exact) mass is 557 g/mol. The van der Waals surface area contributed by atoms with Gasteiger partial charge in [0.2, 0.25) is 0 Å². The second kappa shape index (κ2) is 12.4. The number of carbonyl (C=O) groups is 2. The molecule has 0 aliphatic carbocycles. The Morgan fingerprint density at radius 2 is 1.76 bits per heavy atom. The van der Waals surface area contributed by atoms with Gasteiger partial charge < -0.3 is 16.0 Å². The Morgan fingerprint density at radius 3 is 2.52 bits per heavy atom. The largest absolute Gasteiger partial charge is 0.353 e. The minimum Gasteiger partial charge on any atom is -0.353 e. The van der Waals surface area contributed by atoms with Crippen LogP contribution in [0.2, 0.25) is 0 Å². The van der Waals surface area contributed by atoms with E-state index in [4.69, 9.17) is 0 Å². The zero-order valence-corrected chi connectivity index (χ0v) is 23.8. The van der Waals surface area contributed by atoms with E-state index >= 15 is 0 Å². The summed E-state index contributed by atoms with van der Waals surface area (Å²) in [5, 5.41) is 9.67. The second-order valence-corrected chi connectivity index (χ2v) is 10.8. The number of anilines is 2. The van der Waals surface area contributed by atoms with Gasteiger partial charge in [-0.1, -0.05) is 55.5 Å². The summed E-state index contributed by atoms with van der Waals surface area (Å²) < 4.78 is 0. The highest BCUT2D eigenvalue weighted by atomic mass is 16.2. The minimum atomic E-state index is -0.236. The molecule has 2 amide bonds. The van der Waals surface area contributed by atoms with Crippen LogP contribution in [-0.4, -0.2) is 34.8 Å². The molecular formula is C35H35N5O2. The van der Waals surface area contributed by atoms with Crippen molar-refractivity contribution < 1.29 is 9.59 Å². The van der Waals surface area contributed by atoms with Crippen LogP contribution >= 0.6 is 0 Å². The van der Waals surface area contributed by atoms with Gasteiger partial charge in [0.25, 0.3) is 11.8 Å². The number of hydrogen-bond acceptors (Lipinski definition) is 5. The fourth-order valence-corrected chi connectivity index (χ4v) is 5.76. The quantitative estimate of drug-likeness (QED) is 0.205. The molecule has 0 radical (unpaired) electrons. The molecule has 0 bridgehead atoms. The van der Waals surface area contributed by atoms with Gasteiger partial charge in [-0.15, -0.1) is 0 Å². The first kappa shape index (κ1) is 27.4. The molecule has 2 aliphatic rings. The molecular weight excluding hydrogens is 522 g/mol. The first-order valence-electron chi connectivity index (χ1n) is 14.6. The van der Waals surface area contributed by atoms with Gasteiger partial charge in [0, 0.05) is 35.2 Å². The summed E-state index contributed by atoms with van der Waals surface area (Å²) in [6.07, 6.45) is 4.96. The van der Waals surface area contributed by atoms with Crippen molar-refractivity contribution in [2.24, 2.45) is 0 Å². The number of likely N-dealkylation sites (tertiary alicyclic amines) is 1. The molecule has 7 heteroatoms. The molecule has 1 atom stereocenters. The van der Waals surface area contributed by atoms with E-state index < -0.39 is 0 Å². The van der Waals surface area contributed by atoms with E-state index in [0.717, 1.165) is 37.3 Å². The third-order valence-electron chi connectivity index (χ3n) is 7.91. The molecule has 3 N–H and O–H groups in total. The molecule has 0 unspecified atom stereocenters. The number of rotatable bonds is 9. The predicted octanol–water partition coefficient (Wildman–Crippen LogP) is 6.49. The fourth-order valence-electron chi connectivity index (χ4n) is 5.76. The van der Waals surface area contributed by atoms with Gasteiger partial charge in [-0.05, 0) is 85.9 Å². The van der Waals surface area contributed by atoms with Crippen LogP contribution in [-0.2, 0) is 11.3 Å². The molecule has 4 aromatic rings. The summed E-state index contributed by atoms with van der Waals surface area (Å²) in [7, 11) is 0. The summed E-state index contributed by atoms with van der Waals surface area (Å²) in [4.78, 5) is 34.0. The number of aromatic nitrogens is 1. The summed E-state index contributed by atoms with van der Waals surface area (Å²) in [6.45, 7) is 5.19. The zero-order chi connectivity index (χ0) is 28.9. The average Bonchev–Trinajstić information content (AvgIpc) is 3.66. The van der Waals surface area contributed by atoms with Gasteiger partial charge in [0.05, 0.1) is 23.0 Å². The average molecular weight is 558 g/mol. The number of pyridine rings is 1. The van der Waals surface area contributed by atoms with Gasteiger partial charge in [0.1, 0.15) is 0 Å². The Bertz CT molecular complexity index is 1610. The van der Waals surface area contributed by atoms with Crippen LogP contribution in [0.1, 0.15) is 65.0 Å². The molecule has 6 rings (SSSR count). The van der Waals surface area contributed by atoms with Gasteiger partial charge in [-0.3, -0.25) is 19.5 Å². The van der Waals surface area contributed by atoms with Crippen LogP contribution in [0.3, 0.4) is 0 Å². The van der Waals surface area contributed by atoms with Crippen molar-refractivity contribution in [2.45, 2.75) is 38.8 Å². The SMILES string of the molecule is CC[C@@H](NC(=O)c1ccc2c(c1)/C(=C(/Nc1cccc(CN3CCCC3)c1)c1ccccn1)C(=O)N2)c1ccccc1. The number of carbonyl (C=O) groups excluding carboxylic acids is 2. The van der Waals surface area contributed by atoms with E-state index in [1.807, 2.05) is 60.7 Å². The maximum Gasteiger partial charge on any atom is 0.258 e. The fraction of sp³-hybridized carbons (Fsp3) is 0.229. The first-order chi connectivity index (χ1) is 20.6. The van der Waals surface area contributed by atoms with Crippen LogP contribution in [0.5, 0.6) is 0 Å². The van der Waals surface area contributed by atoms with E-state index in [0.29, 0.717) is 33.8 Å². The smallest absolute Gasteiger partial charge is 0.258 e. The van der Waals surface area contributed by atoms with Crippen molar-refractivity contribution in [1.29, 1.82) is 0 Å². The van der Waals surface area contributed by atoms with E-state index in [1.165, 1.54) is 18.4 Å². The van der Waals surface area contributed by atoms with E-state index in [-0.39, 0.29) is 17.9 Å². The maximum absolute atomic E-state index is 13.5. The highest BCUT2D eigenvalue weighted by Crippen LogP contribution is 2.38. The normalized spacial score (nSPS) is 16.5. The Balaban J connectivity index is 1.35. The third kappa shape index (κ3) is 5.97. The standard InChI is InChI=1S/C35H35N5O2/c1-2-29(25-12-4-3-5-13-25)38-34(41)26-16-17-30-28(22-26)32(35(42)39-30)33(31-15-6-7-18-36-31)37-27-14-10-11-24(21-27)23-40-19-8-9-20-40/h3-7,10-18,21-22,29,37H,2,8-9,19-20,23H2,1H3,(H,38,41)(H,39,42)/b33-32-/t29-/m1/s1. The molecule has 1 saturated heterocycles. The Kier molecular flexibility index (Phi) is 8.10. The predicted molar refractivity (Wildman–Crippen MR) is 168 cm³/mol. The third-order valence-corrected chi connectivity index (χ3v) is 7.91. The second-order valence-electron chi connectivity index (χ2n) is 10.8. The van der Waals surface area contributed by atoms with Crippen molar-refractivity contribution in [3.8, 4) is 0 Å². The molecule has 0 saturated carbocycles. The first-order valence-corrected chi connectivity index (χ1v) is 14.6. The Morgan fingerprint density at radius 1 is 0.952 bits per heavy atom. The van der Waals surface area contributed by atoms with Gasteiger partial charge in [-0.25, -0.2) is 0 Å². The Hall–Kier alpha value is -4.75. The molecule has 7 nitrogen and oxygen atoms in total. The number of amides is 2. The Labute approximate surface area is 246 Å². The molecule has 3 aromatic carbocycles. The molecule has 42 heavy (non-hydrogen) atoms. The number of nitrogens with one attached hydrogen (secondary N) is 3. The van der Waals surface area contributed by atoms with Gasteiger partial charge in [0.15, 0.2) is 0 Å². The lowest BCUT2D eigenvalue weighted by molar-refractivity contribution is -0.110. The maximum atomic E-state index is 13.5.